The second-order valence-corrected chi connectivity index (χ2v) is 6.21. The van der Waals surface area contributed by atoms with Gasteiger partial charge in [-0.15, -0.1) is 0 Å². The first-order valence-corrected chi connectivity index (χ1v) is 7.90. The van der Waals surface area contributed by atoms with Gasteiger partial charge < -0.3 is 19.9 Å². The lowest BCUT2D eigenvalue weighted by Crippen LogP contribution is -2.51. The topological polar surface area (TPSA) is 44.8 Å². The summed E-state index contributed by atoms with van der Waals surface area (Å²) >= 11 is 0. The Morgan fingerprint density at radius 1 is 1.23 bits per heavy atom. The first kappa shape index (κ1) is 16.6. The fourth-order valence-electron chi connectivity index (χ4n) is 2.73. The summed E-state index contributed by atoms with van der Waals surface area (Å²) in [4.78, 5) is 16.1. The molecule has 122 valence electrons. The minimum absolute atomic E-state index is 0.00640. The van der Waals surface area contributed by atoms with Gasteiger partial charge >= 0.3 is 6.03 Å². The van der Waals surface area contributed by atoms with E-state index in [9.17, 15) is 4.79 Å². The van der Waals surface area contributed by atoms with Crippen LogP contribution in [0.5, 0.6) is 0 Å². The van der Waals surface area contributed by atoms with Crippen molar-refractivity contribution in [2.24, 2.45) is 0 Å². The lowest BCUT2D eigenvalue weighted by Gasteiger charge is -2.35. The number of amides is 2. The summed E-state index contributed by atoms with van der Waals surface area (Å²) in [5.74, 6) is 0. The molecule has 0 unspecified atom stereocenters. The monoisotopic (exact) mass is 305 g/mol. The lowest BCUT2D eigenvalue weighted by atomic mass is 10.1. The van der Waals surface area contributed by atoms with E-state index in [0.29, 0.717) is 19.6 Å². The third kappa shape index (κ3) is 4.63. The molecule has 0 radical (unpaired) electrons. The third-order valence-electron chi connectivity index (χ3n) is 3.85. The van der Waals surface area contributed by atoms with E-state index in [0.717, 1.165) is 6.42 Å². The Morgan fingerprint density at radius 3 is 2.36 bits per heavy atom. The van der Waals surface area contributed by atoms with Crippen molar-refractivity contribution in [1.29, 1.82) is 0 Å². The predicted molar refractivity (Wildman–Crippen MR) is 89.5 cm³/mol. The van der Waals surface area contributed by atoms with Crippen LogP contribution in [0, 0.1) is 0 Å². The molecule has 2 rings (SSSR count). The summed E-state index contributed by atoms with van der Waals surface area (Å²) in [5, 5.41) is 3.00. The second kappa shape index (κ2) is 7.49. The minimum atomic E-state index is 0.00640. The summed E-state index contributed by atoms with van der Waals surface area (Å²) in [5.41, 5.74) is 2.42. The van der Waals surface area contributed by atoms with Crippen LogP contribution >= 0.6 is 0 Å². The molecule has 1 heterocycles. The number of morpholine rings is 1. The van der Waals surface area contributed by atoms with Crippen LogP contribution < -0.4 is 10.2 Å². The lowest BCUT2D eigenvalue weighted by molar-refractivity contribution is -0.0544. The van der Waals surface area contributed by atoms with Crippen molar-refractivity contribution >= 4 is 11.7 Å². The first-order valence-electron chi connectivity index (χ1n) is 7.90. The highest BCUT2D eigenvalue weighted by Gasteiger charge is 2.25. The molecule has 1 aliphatic rings. The maximum absolute atomic E-state index is 12.2. The van der Waals surface area contributed by atoms with Gasteiger partial charge in [0.15, 0.2) is 0 Å². The number of carbonyl (C=O) groups is 1. The number of urea groups is 1. The molecule has 0 spiro atoms. The van der Waals surface area contributed by atoms with Crippen molar-refractivity contribution in [2.45, 2.75) is 32.5 Å². The molecule has 1 fully saturated rings. The van der Waals surface area contributed by atoms with E-state index in [1.165, 1.54) is 11.3 Å². The van der Waals surface area contributed by atoms with Crippen LogP contribution in [-0.4, -0.2) is 56.9 Å². The summed E-state index contributed by atoms with van der Waals surface area (Å²) < 4.78 is 5.65. The van der Waals surface area contributed by atoms with Gasteiger partial charge in [-0.1, -0.05) is 12.1 Å². The Balaban J connectivity index is 1.77. The van der Waals surface area contributed by atoms with Gasteiger partial charge in [-0.25, -0.2) is 4.79 Å². The minimum Gasteiger partial charge on any atom is -0.378 e. The van der Waals surface area contributed by atoms with Gasteiger partial charge in [-0.2, -0.15) is 0 Å². The summed E-state index contributed by atoms with van der Waals surface area (Å²) in [6.45, 7) is 5.98. The normalized spacial score (nSPS) is 21.5. The van der Waals surface area contributed by atoms with Gasteiger partial charge in [-0.05, 0) is 38.0 Å². The number of nitrogens with one attached hydrogen (secondary N) is 1. The molecule has 0 aliphatic carbocycles. The Labute approximate surface area is 133 Å². The van der Waals surface area contributed by atoms with E-state index in [2.05, 4.69) is 34.5 Å². The number of rotatable bonds is 4. The maximum atomic E-state index is 12.2. The van der Waals surface area contributed by atoms with E-state index in [4.69, 9.17) is 4.74 Å². The Bertz CT molecular complexity index is 477. The zero-order valence-corrected chi connectivity index (χ0v) is 14.0. The van der Waals surface area contributed by atoms with Crippen molar-refractivity contribution in [3.63, 3.8) is 0 Å². The quantitative estimate of drug-likeness (QED) is 0.926. The smallest absolute Gasteiger partial charge is 0.317 e. The average Bonchev–Trinajstić information content (AvgIpc) is 2.46. The van der Waals surface area contributed by atoms with Crippen molar-refractivity contribution in [2.75, 3.05) is 38.6 Å². The SMILES string of the molecule is C[C@@H]1CN(C(=O)NCCc2ccc(N(C)C)cc2)C[C@H](C)O1. The maximum Gasteiger partial charge on any atom is 0.317 e. The van der Waals surface area contributed by atoms with Gasteiger partial charge in [0.25, 0.3) is 0 Å². The number of benzene rings is 1. The van der Waals surface area contributed by atoms with Crippen LogP contribution in [-0.2, 0) is 11.2 Å². The summed E-state index contributed by atoms with van der Waals surface area (Å²) in [7, 11) is 4.05. The van der Waals surface area contributed by atoms with E-state index in [1.54, 1.807) is 0 Å². The largest absolute Gasteiger partial charge is 0.378 e. The predicted octanol–water partition coefficient (Wildman–Crippen LogP) is 2.11. The van der Waals surface area contributed by atoms with Crippen molar-refractivity contribution in [3.8, 4) is 0 Å². The highest BCUT2D eigenvalue weighted by atomic mass is 16.5. The van der Waals surface area contributed by atoms with E-state index >= 15 is 0 Å². The molecule has 22 heavy (non-hydrogen) atoms. The van der Waals surface area contributed by atoms with Crippen molar-refractivity contribution in [1.82, 2.24) is 10.2 Å². The Morgan fingerprint density at radius 2 is 1.82 bits per heavy atom. The molecular formula is C17H27N3O2. The molecule has 1 aromatic rings. The van der Waals surface area contributed by atoms with Gasteiger partial charge in [0.2, 0.25) is 0 Å². The van der Waals surface area contributed by atoms with Gasteiger partial charge in [0.05, 0.1) is 12.2 Å². The van der Waals surface area contributed by atoms with E-state index < -0.39 is 0 Å². The van der Waals surface area contributed by atoms with Gasteiger partial charge in [0.1, 0.15) is 0 Å². The van der Waals surface area contributed by atoms with E-state index in [-0.39, 0.29) is 18.2 Å². The number of hydrogen-bond donors (Lipinski definition) is 1. The Kier molecular flexibility index (Phi) is 5.66. The number of anilines is 1. The number of ether oxygens (including phenoxy) is 1. The molecule has 2 atom stereocenters. The average molecular weight is 305 g/mol. The highest BCUT2D eigenvalue weighted by Crippen LogP contribution is 2.13. The van der Waals surface area contributed by atoms with Crippen LogP contribution in [0.3, 0.4) is 0 Å². The van der Waals surface area contributed by atoms with Gasteiger partial charge in [0, 0.05) is 39.4 Å². The zero-order chi connectivity index (χ0) is 16.1. The third-order valence-corrected chi connectivity index (χ3v) is 3.85. The molecular weight excluding hydrogens is 278 g/mol. The van der Waals surface area contributed by atoms with E-state index in [1.807, 2.05) is 32.8 Å². The molecule has 0 bridgehead atoms. The molecule has 1 N–H and O–H groups in total. The molecule has 1 saturated heterocycles. The molecule has 5 nitrogen and oxygen atoms in total. The van der Waals surface area contributed by atoms with Crippen LogP contribution in [0.1, 0.15) is 19.4 Å². The zero-order valence-electron chi connectivity index (χ0n) is 14.0. The molecule has 5 heteroatoms. The van der Waals surface area contributed by atoms with Crippen LogP contribution in [0.4, 0.5) is 10.5 Å². The number of carbonyl (C=O) groups excluding carboxylic acids is 1. The molecule has 0 aromatic heterocycles. The molecule has 2 amide bonds. The second-order valence-electron chi connectivity index (χ2n) is 6.21. The number of hydrogen-bond acceptors (Lipinski definition) is 3. The molecule has 1 aromatic carbocycles. The highest BCUT2D eigenvalue weighted by molar-refractivity contribution is 5.74. The summed E-state index contributed by atoms with van der Waals surface area (Å²) in [6, 6.07) is 8.43. The standard InChI is InChI=1S/C17H27N3O2/c1-13-11-20(12-14(2)22-13)17(21)18-10-9-15-5-7-16(8-6-15)19(3)4/h5-8,13-14H,9-12H2,1-4H3,(H,18,21)/t13-,14+. The van der Waals surface area contributed by atoms with Crippen LogP contribution in [0.2, 0.25) is 0 Å². The van der Waals surface area contributed by atoms with Crippen molar-refractivity contribution in [3.05, 3.63) is 29.8 Å². The van der Waals surface area contributed by atoms with Crippen LogP contribution in [0.15, 0.2) is 24.3 Å². The Hall–Kier alpha value is -1.75. The molecule has 0 saturated carbocycles. The van der Waals surface area contributed by atoms with Crippen molar-refractivity contribution < 1.29 is 9.53 Å². The summed E-state index contributed by atoms with van der Waals surface area (Å²) in [6.07, 6.45) is 1.05. The number of nitrogens with zero attached hydrogens (tertiary/aromatic N) is 2. The fraction of sp³-hybridized carbons (Fsp3) is 0.588. The van der Waals surface area contributed by atoms with Gasteiger partial charge in [-0.3, -0.25) is 0 Å². The van der Waals surface area contributed by atoms with Crippen LogP contribution in [0.25, 0.3) is 0 Å². The first-order chi connectivity index (χ1) is 10.5. The molecule has 1 aliphatic heterocycles. The fourth-order valence-corrected chi connectivity index (χ4v) is 2.73.